The Kier molecular flexibility index (Phi) is 7.46. The Hall–Kier alpha value is -2.29. The minimum absolute atomic E-state index is 0.0178. The Morgan fingerprint density at radius 3 is 2.22 bits per heavy atom. The lowest BCUT2D eigenvalue weighted by Crippen LogP contribution is -2.39. The van der Waals surface area contributed by atoms with Gasteiger partial charge in [0, 0.05) is 5.02 Å². The number of esters is 1. The number of rotatable bonds is 9. The van der Waals surface area contributed by atoms with Gasteiger partial charge in [0.15, 0.2) is 0 Å². The molecule has 0 spiro atoms. The highest BCUT2D eigenvalue weighted by Gasteiger charge is 2.23. The zero-order valence-electron chi connectivity index (χ0n) is 14.8. The summed E-state index contributed by atoms with van der Waals surface area (Å²) in [4.78, 5) is 12.0. The summed E-state index contributed by atoms with van der Waals surface area (Å²) in [7, 11) is -2.37. The van der Waals surface area contributed by atoms with Gasteiger partial charge in [-0.3, -0.25) is 4.79 Å². The lowest BCUT2D eigenvalue weighted by atomic mass is 10.3. The van der Waals surface area contributed by atoms with Crippen molar-refractivity contribution in [1.29, 1.82) is 0 Å². The highest BCUT2D eigenvalue weighted by molar-refractivity contribution is 7.89. The van der Waals surface area contributed by atoms with E-state index in [0.29, 0.717) is 16.5 Å². The Balaban J connectivity index is 1.80. The molecule has 9 heteroatoms. The maximum absolute atomic E-state index is 12.3. The monoisotopic (exact) mass is 413 g/mol. The van der Waals surface area contributed by atoms with Crippen molar-refractivity contribution >= 4 is 27.6 Å². The molecule has 0 aromatic heterocycles. The van der Waals surface area contributed by atoms with Gasteiger partial charge >= 0.3 is 5.97 Å². The van der Waals surface area contributed by atoms with Crippen LogP contribution in [-0.4, -0.2) is 40.8 Å². The maximum atomic E-state index is 12.3. The van der Waals surface area contributed by atoms with Crippen molar-refractivity contribution in [2.75, 3.05) is 20.3 Å². The number of nitrogens with one attached hydrogen (secondary N) is 1. The first-order chi connectivity index (χ1) is 12.8. The van der Waals surface area contributed by atoms with Gasteiger partial charge in [-0.15, -0.1) is 0 Å². The molecule has 1 atom stereocenters. The van der Waals surface area contributed by atoms with E-state index in [1.165, 1.54) is 38.3 Å². The summed E-state index contributed by atoms with van der Waals surface area (Å²) in [5.74, 6) is 0.414. The van der Waals surface area contributed by atoms with Crippen LogP contribution in [0.5, 0.6) is 11.5 Å². The Labute approximate surface area is 163 Å². The summed E-state index contributed by atoms with van der Waals surface area (Å²) in [5.41, 5.74) is 0. The first-order valence-electron chi connectivity index (χ1n) is 8.03. The van der Waals surface area contributed by atoms with Crippen molar-refractivity contribution in [1.82, 2.24) is 4.72 Å². The minimum Gasteiger partial charge on any atom is -0.497 e. The summed E-state index contributed by atoms with van der Waals surface area (Å²) >= 11 is 5.77. The molecule has 0 heterocycles. The van der Waals surface area contributed by atoms with E-state index in [4.69, 9.17) is 25.8 Å². The number of ether oxygens (including phenoxy) is 3. The van der Waals surface area contributed by atoms with Gasteiger partial charge in [-0.05, 0) is 55.5 Å². The van der Waals surface area contributed by atoms with Gasteiger partial charge in [0.25, 0.3) is 0 Å². The highest BCUT2D eigenvalue weighted by atomic mass is 35.5. The number of hydrogen-bond donors (Lipinski definition) is 1. The fourth-order valence-electron chi connectivity index (χ4n) is 2.06. The lowest BCUT2D eigenvalue weighted by Gasteiger charge is -2.14. The normalized spacial score (nSPS) is 12.3. The Bertz CT molecular complexity index is 852. The molecule has 0 amide bonds. The van der Waals surface area contributed by atoms with Gasteiger partial charge in [-0.1, -0.05) is 11.6 Å². The third kappa shape index (κ3) is 6.42. The molecule has 146 valence electrons. The molecule has 27 heavy (non-hydrogen) atoms. The summed E-state index contributed by atoms with van der Waals surface area (Å²) in [5, 5.41) is 0.590. The third-order valence-electron chi connectivity index (χ3n) is 3.47. The van der Waals surface area contributed by atoms with Crippen molar-refractivity contribution in [3.63, 3.8) is 0 Å². The summed E-state index contributed by atoms with van der Waals surface area (Å²) in [6, 6.07) is 11.5. The third-order valence-corrected chi connectivity index (χ3v) is 5.27. The molecule has 1 N–H and O–H groups in total. The van der Waals surface area contributed by atoms with E-state index in [9.17, 15) is 13.2 Å². The first kappa shape index (κ1) is 21.0. The van der Waals surface area contributed by atoms with Crippen LogP contribution in [0.15, 0.2) is 53.4 Å². The van der Waals surface area contributed by atoms with Gasteiger partial charge in [-0.2, -0.15) is 4.72 Å². The van der Waals surface area contributed by atoms with Crippen LogP contribution >= 0.6 is 11.6 Å². The number of methoxy groups -OCH3 is 1. The van der Waals surface area contributed by atoms with Crippen LogP contribution in [0, 0.1) is 0 Å². The summed E-state index contributed by atoms with van der Waals surface area (Å²) in [6.45, 7) is 1.52. The second-order valence-corrected chi connectivity index (χ2v) is 7.64. The molecule has 0 aliphatic heterocycles. The number of hydrogen-bond acceptors (Lipinski definition) is 6. The minimum atomic E-state index is -3.86. The molecular formula is C18H20ClNO6S. The SMILES string of the molecule is COc1ccc(S(=O)(=O)N[C@@H](C)C(=O)OCCOc2ccc(Cl)cc2)cc1. The van der Waals surface area contributed by atoms with Crippen LogP contribution in [0.25, 0.3) is 0 Å². The van der Waals surface area contributed by atoms with Gasteiger partial charge < -0.3 is 14.2 Å². The standard InChI is InChI=1S/C18H20ClNO6S/c1-13(20-27(22,23)17-9-7-15(24-2)8-10-17)18(21)26-12-11-25-16-5-3-14(19)4-6-16/h3-10,13,20H,11-12H2,1-2H3/t13-/m0/s1. The van der Waals surface area contributed by atoms with Gasteiger partial charge in [-0.25, -0.2) is 8.42 Å². The van der Waals surface area contributed by atoms with Gasteiger partial charge in [0.05, 0.1) is 12.0 Å². The molecule has 0 aliphatic rings. The van der Waals surface area contributed by atoms with Crippen LogP contribution < -0.4 is 14.2 Å². The van der Waals surface area contributed by atoms with E-state index in [1.807, 2.05) is 0 Å². The molecule has 0 bridgehead atoms. The van der Waals surface area contributed by atoms with Crippen molar-refractivity contribution in [3.8, 4) is 11.5 Å². The number of carbonyl (C=O) groups is 1. The van der Waals surface area contributed by atoms with E-state index in [-0.39, 0.29) is 18.1 Å². The Morgan fingerprint density at radius 1 is 1.04 bits per heavy atom. The van der Waals surface area contributed by atoms with E-state index >= 15 is 0 Å². The fourth-order valence-corrected chi connectivity index (χ4v) is 3.38. The molecular weight excluding hydrogens is 394 g/mol. The molecule has 2 rings (SSSR count). The van der Waals surface area contributed by atoms with Crippen LogP contribution in [0.2, 0.25) is 5.02 Å². The van der Waals surface area contributed by atoms with Crippen LogP contribution in [0.1, 0.15) is 6.92 Å². The van der Waals surface area contributed by atoms with E-state index in [0.717, 1.165) is 0 Å². The van der Waals surface area contributed by atoms with Crippen molar-refractivity contribution < 1.29 is 27.4 Å². The second kappa shape index (κ2) is 9.59. The molecule has 0 aliphatic carbocycles. The maximum Gasteiger partial charge on any atom is 0.324 e. The number of sulfonamides is 1. The predicted molar refractivity (Wildman–Crippen MR) is 101 cm³/mol. The van der Waals surface area contributed by atoms with Gasteiger partial charge in [0.2, 0.25) is 10.0 Å². The molecule has 2 aromatic carbocycles. The van der Waals surface area contributed by atoms with Crippen LogP contribution in [0.4, 0.5) is 0 Å². The smallest absolute Gasteiger partial charge is 0.324 e. The molecule has 0 saturated heterocycles. The molecule has 7 nitrogen and oxygen atoms in total. The average Bonchev–Trinajstić information content (AvgIpc) is 2.66. The van der Waals surface area contributed by atoms with Crippen molar-refractivity contribution in [2.24, 2.45) is 0 Å². The zero-order valence-corrected chi connectivity index (χ0v) is 16.4. The van der Waals surface area contributed by atoms with Crippen molar-refractivity contribution in [2.45, 2.75) is 17.9 Å². The molecule has 2 aromatic rings. The number of benzene rings is 2. The van der Waals surface area contributed by atoms with Crippen LogP contribution in [-0.2, 0) is 19.6 Å². The summed E-state index contributed by atoms with van der Waals surface area (Å²) in [6.07, 6.45) is 0. The second-order valence-electron chi connectivity index (χ2n) is 5.49. The zero-order chi connectivity index (χ0) is 19.9. The summed E-state index contributed by atoms with van der Waals surface area (Å²) < 4.78 is 42.3. The first-order valence-corrected chi connectivity index (χ1v) is 9.89. The number of carbonyl (C=O) groups excluding carboxylic acids is 1. The molecule has 0 saturated carbocycles. The quantitative estimate of drug-likeness (QED) is 0.502. The van der Waals surface area contributed by atoms with E-state index in [1.54, 1.807) is 24.3 Å². The largest absolute Gasteiger partial charge is 0.497 e. The lowest BCUT2D eigenvalue weighted by molar-refractivity contribution is -0.145. The molecule has 0 unspecified atom stereocenters. The fraction of sp³-hybridized carbons (Fsp3) is 0.278. The van der Waals surface area contributed by atoms with E-state index < -0.39 is 22.0 Å². The van der Waals surface area contributed by atoms with Crippen molar-refractivity contribution in [3.05, 3.63) is 53.6 Å². The Morgan fingerprint density at radius 2 is 1.63 bits per heavy atom. The molecule has 0 radical (unpaired) electrons. The van der Waals surface area contributed by atoms with E-state index in [2.05, 4.69) is 4.72 Å². The topological polar surface area (TPSA) is 90.9 Å². The van der Waals surface area contributed by atoms with Gasteiger partial charge in [0.1, 0.15) is 30.8 Å². The average molecular weight is 414 g/mol. The predicted octanol–water partition coefficient (Wildman–Crippen LogP) is 2.64. The highest BCUT2D eigenvalue weighted by Crippen LogP contribution is 2.16. The number of halogens is 1. The van der Waals surface area contributed by atoms with Crippen LogP contribution in [0.3, 0.4) is 0 Å². The molecule has 0 fully saturated rings.